The molecule has 1 aromatic heterocycles. The third-order valence-electron chi connectivity index (χ3n) is 6.66. The average Bonchev–Trinajstić information content (AvgIpc) is 2.90. The van der Waals surface area contributed by atoms with Gasteiger partial charge in [-0.25, -0.2) is 19.5 Å². The molecule has 180 valence electrons. The van der Waals surface area contributed by atoms with Crippen molar-refractivity contribution in [3.05, 3.63) is 53.7 Å². The van der Waals surface area contributed by atoms with Gasteiger partial charge in [0.2, 0.25) is 0 Å². The summed E-state index contributed by atoms with van der Waals surface area (Å²) in [5.41, 5.74) is 1.42. The van der Waals surface area contributed by atoms with Crippen LogP contribution in [-0.2, 0) is 16.8 Å². The first-order valence-electron chi connectivity index (χ1n) is 11.8. The second-order valence-electron chi connectivity index (χ2n) is 10.6. The Kier molecular flexibility index (Phi) is 6.10. The zero-order chi connectivity index (χ0) is 24.7. The van der Waals surface area contributed by atoms with Crippen LogP contribution in [0.4, 0.5) is 21.1 Å². The number of rotatable bonds is 5. The number of pyridine rings is 1. The van der Waals surface area contributed by atoms with Crippen LogP contribution in [0.15, 0.2) is 42.6 Å². The van der Waals surface area contributed by atoms with E-state index in [1.165, 1.54) is 4.90 Å². The molecule has 1 saturated heterocycles. The van der Waals surface area contributed by atoms with Gasteiger partial charge in [0.25, 0.3) is 5.91 Å². The molecule has 5 amide bonds. The van der Waals surface area contributed by atoms with Crippen LogP contribution in [0.5, 0.6) is 0 Å². The molecule has 1 aliphatic carbocycles. The molecule has 1 aliphatic heterocycles. The molecule has 0 bridgehead atoms. The molecule has 0 spiro atoms. The first kappa shape index (κ1) is 23.7. The van der Waals surface area contributed by atoms with Gasteiger partial charge >= 0.3 is 12.1 Å². The Labute approximate surface area is 200 Å². The number of benzene rings is 1. The predicted octanol–water partition coefficient (Wildman–Crippen LogP) is 4.80. The number of hydrogen-bond acceptors (Lipinski definition) is 4. The standard InChI is InChI=1S/C26H33N5O3/c1-25(2,3)18-9-11-20(12-10-18)31-22(32)26(4,5)30(24(31)34)16-17-13-14-27-21(15-17)29-23(33)28-19-7-6-8-19/h9-15,19H,6-8,16H2,1-5H3,(H2,27,28,29,33). The lowest BCUT2D eigenvalue weighted by molar-refractivity contribution is -0.123. The molecule has 2 N–H and O–H groups in total. The zero-order valence-corrected chi connectivity index (χ0v) is 20.5. The monoisotopic (exact) mass is 463 g/mol. The number of amides is 5. The van der Waals surface area contributed by atoms with Crippen molar-refractivity contribution in [2.45, 2.75) is 77.4 Å². The van der Waals surface area contributed by atoms with Crippen LogP contribution in [0, 0.1) is 0 Å². The molecule has 8 heteroatoms. The number of imide groups is 1. The van der Waals surface area contributed by atoms with Gasteiger partial charge in [0.15, 0.2) is 0 Å². The Bertz CT molecular complexity index is 1100. The highest BCUT2D eigenvalue weighted by Crippen LogP contribution is 2.34. The second kappa shape index (κ2) is 8.74. The van der Waals surface area contributed by atoms with Crippen LogP contribution < -0.4 is 15.5 Å². The number of nitrogens with zero attached hydrogens (tertiary/aromatic N) is 3. The van der Waals surface area contributed by atoms with Crippen molar-refractivity contribution in [1.82, 2.24) is 15.2 Å². The second-order valence-corrected chi connectivity index (χ2v) is 10.6. The van der Waals surface area contributed by atoms with Gasteiger partial charge in [0, 0.05) is 18.8 Å². The van der Waals surface area contributed by atoms with Gasteiger partial charge < -0.3 is 10.2 Å². The minimum Gasteiger partial charge on any atom is -0.335 e. The van der Waals surface area contributed by atoms with E-state index in [1.54, 1.807) is 37.1 Å². The molecule has 8 nitrogen and oxygen atoms in total. The summed E-state index contributed by atoms with van der Waals surface area (Å²) in [5.74, 6) is 0.132. The van der Waals surface area contributed by atoms with Crippen LogP contribution >= 0.6 is 0 Å². The molecular formula is C26H33N5O3. The number of hydrogen-bond donors (Lipinski definition) is 2. The van der Waals surface area contributed by atoms with Crippen molar-refractivity contribution < 1.29 is 14.4 Å². The van der Waals surface area contributed by atoms with Crippen LogP contribution in [0.1, 0.15) is 65.0 Å². The summed E-state index contributed by atoms with van der Waals surface area (Å²) >= 11 is 0. The molecule has 34 heavy (non-hydrogen) atoms. The third kappa shape index (κ3) is 4.62. The number of anilines is 2. The Hall–Kier alpha value is -3.42. The van der Waals surface area contributed by atoms with Gasteiger partial charge in [-0.05, 0) is 73.9 Å². The minimum absolute atomic E-state index is 0.0231. The zero-order valence-electron chi connectivity index (χ0n) is 20.5. The molecule has 2 aliphatic rings. The highest BCUT2D eigenvalue weighted by molar-refractivity contribution is 6.22. The van der Waals surface area contributed by atoms with E-state index in [4.69, 9.17) is 0 Å². The molecule has 0 unspecified atom stereocenters. The quantitative estimate of drug-likeness (QED) is 0.623. The van der Waals surface area contributed by atoms with Gasteiger partial charge in [-0.3, -0.25) is 10.1 Å². The molecule has 0 radical (unpaired) electrons. The van der Waals surface area contributed by atoms with Crippen LogP contribution in [0.2, 0.25) is 0 Å². The lowest BCUT2D eigenvalue weighted by Gasteiger charge is -2.28. The van der Waals surface area contributed by atoms with Gasteiger partial charge in [-0.1, -0.05) is 32.9 Å². The van der Waals surface area contributed by atoms with Gasteiger partial charge in [0.05, 0.1) is 5.69 Å². The van der Waals surface area contributed by atoms with Crippen molar-refractivity contribution in [2.75, 3.05) is 10.2 Å². The van der Waals surface area contributed by atoms with E-state index in [-0.39, 0.29) is 36.0 Å². The van der Waals surface area contributed by atoms with Crippen molar-refractivity contribution in [3.63, 3.8) is 0 Å². The smallest absolute Gasteiger partial charge is 0.332 e. The van der Waals surface area contributed by atoms with Crippen LogP contribution in [0.25, 0.3) is 0 Å². The molecule has 1 aromatic carbocycles. The van der Waals surface area contributed by atoms with E-state index < -0.39 is 5.54 Å². The summed E-state index contributed by atoms with van der Waals surface area (Å²) in [6.07, 6.45) is 4.72. The lowest BCUT2D eigenvalue weighted by Crippen LogP contribution is -2.43. The molecule has 4 rings (SSSR count). The summed E-state index contributed by atoms with van der Waals surface area (Å²) in [6, 6.07) is 10.6. The summed E-state index contributed by atoms with van der Waals surface area (Å²) in [4.78, 5) is 45.8. The number of aromatic nitrogens is 1. The first-order valence-corrected chi connectivity index (χ1v) is 11.8. The van der Waals surface area contributed by atoms with Gasteiger partial charge in [-0.15, -0.1) is 0 Å². The van der Waals surface area contributed by atoms with E-state index in [1.807, 2.05) is 24.3 Å². The largest absolute Gasteiger partial charge is 0.335 e. The highest BCUT2D eigenvalue weighted by atomic mass is 16.2. The van der Waals surface area contributed by atoms with Crippen LogP contribution in [-0.4, -0.2) is 39.4 Å². The SMILES string of the molecule is CC(C)(C)c1ccc(N2C(=O)N(Cc3ccnc(NC(=O)NC4CCC4)c3)C(C)(C)C2=O)cc1. The number of carbonyl (C=O) groups is 3. The highest BCUT2D eigenvalue weighted by Gasteiger charge is 2.51. The Morgan fingerprint density at radius 1 is 1.12 bits per heavy atom. The number of urea groups is 2. The molecule has 1 saturated carbocycles. The van der Waals surface area contributed by atoms with E-state index in [0.29, 0.717) is 11.5 Å². The Morgan fingerprint density at radius 3 is 2.38 bits per heavy atom. The number of nitrogens with one attached hydrogen (secondary N) is 2. The summed E-state index contributed by atoms with van der Waals surface area (Å²) in [7, 11) is 0. The van der Waals surface area contributed by atoms with E-state index >= 15 is 0 Å². The minimum atomic E-state index is -1.02. The van der Waals surface area contributed by atoms with Crippen molar-refractivity contribution >= 4 is 29.5 Å². The topological polar surface area (TPSA) is 94.6 Å². The molecule has 2 fully saturated rings. The van der Waals surface area contributed by atoms with E-state index in [9.17, 15) is 14.4 Å². The fraction of sp³-hybridized carbons (Fsp3) is 0.462. The van der Waals surface area contributed by atoms with Crippen molar-refractivity contribution in [2.24, 2.45) is 0 Å². The maximum absolute atomic E-state index is 13.4. The maximum atomic E-state index is 13.4. The molecular weight excluding hydrogens is 430 g/mol. The lowest BCUT2D eigenvalue weighted by atomic mass is 9.87. The molecule has 2 aromatic rings. The Morgan fingerprint density at radius 2 is 1.79 bits per heavy atom. The molecule has 2 heterocycles. The van der Waals surface area contributed by atoms with Gasteiger partial charge in [-0.2, -0.15) is 0 Å². The van der Waals surface area contributed by atoms with Crippen LogP contribution in [0.3, 0.4) is 0 Å². The van der Waals surface area contributed by atoms with Crippen molar-refractivity contribution in [3.8, 4) is 0 Å². The van der Waals surface area contributed by atoms with Crippen molar-refractivity contribution in [1.29, 1.82) is 0 Å². The normalized spacial score (nSPS) is 18.1. The fourth-order valence-electron chi connectivity index (χ4n) is 4.15. The summed E-state index contributed by atoms with van der Waals surface area (Å²) < 4.78 is 0. The van der Waals surface area contributed by atoms with E-state index in [2.05, 4.69) is 36.4 Å². The molecule has 0 atom stereocenters. The number of carbonyl (C=O) groups excluding carboxylic acids is 3. The Balaban J connectivity index is 1.50. The third-order valence-corrected chi connectivity index (χ3v) is 6.66. The first-order chi connectivity index (χ1) is 16.0. The van der Waals surface area contributed by atoms with E-state index in [0.717, 1.165) is 30.4 Å². The summed E-state index contributed by atoms with van der Waals surface area (Å²) in [5, 5.41) is 5.67. The average molecular weight is 464 g/mol. The fourth-order valence-corrected chi connectivity index (χ4v) is 4.15. The summed E-state index contributed by atoms with van der Waals surface area (Å²) in [6.45, 7) is 10.1. The van der Waals surface area contributed by atoms with Gasteiger partial charge in [0.1, 0.15) is 11.4 Å². The maximum Gasteiger partial charge on any atom is 0.332 e. The predicted molar refractivity (Wildman–Crippen MR) is 132 cm³/mol.